The third kappa shape index (κ3) is 3.61. The second kappa shape index (κ2) is 6.85. The second-order valence-corrected chi connectivity index (χ2v) is 7.46. The molecule has 0 saturated carbocycles. The van der Waals surface area contributed by atoms with Crippen molar-refractivity contribution in [1.29, 1.82) is 0 Å². The van der Waals surface area contributed by atoms with Crippen molar-refractivity contribution in [3.05, 3.63) is 4.88 Å². The van der Waals surface area contributed by atoms with Crippen LogP contribution in [-0.4, -0.2) is 54.6 Å². The van der Waals surface area contributed by atoms with Crippen molar-refractivity contribution in [3.8, 4) is 0 Å². The molecule has 0 radical (unpaired) electrons. The molecule has 2 aliphatic rings. The Labute approximate surface area is 132 Å². The number of piperazine rings is 1. The molecule has 1 unspecified atom stereocenters. The molecule has 2 fully saturated rings. The van der Waals surface area contributed by atoms with Gasteiger partial charge in [-0.25, -0.2) is 4.98 Å². The van der Waals surface area contributed by atoms with Gasteiger partial charge in [-0.3, -0.25) is 4.79 Å². The lowest BCUT2D eigenvalue weighted by Crippen LogP contribution is -2.43. The number of hydrogen-bond donors (Lipinski definition) is 3. The Kier molecular flexibility index (Phi) is 4.87. The fourth-order valence-corrected chi connectivity index (χ4v) is 4.59. The fraction of sp³-hybridized carbons (Fsp3) is 0.692. The van der Waals surface area contributed by atoms with Crippen molar-refractivity contribution in [2.45, 2.75) is 18.9 Å². The van der Waals surface area contributed by atoms with Gasteiger partial charge in [0, 0.05) is 38.0 Å². The van der Waals surface area contributed by atoms with Gasteiger partial charge in [0.2, 0.25) is 0 Å². The van der Waals surface area contributed by atoms with Gasteiger partial charge in [0.15, 0.2) is 5.13 Å². The van der Waals surface area contributed by atoms with Gasteiger partial charge in [0.05, 0.1) is 0 Å². The van der Waals surface area contributed by atoms with E-state index in [-0.39, 0.29) is 11.9 Å². The molecule has 2 saturated heterocycles. The zero-order valence-corrected chi connectivity index (χ0v) is 13.6. The standard InChI is InChI=1S/C13H21N5OS2/c14-11-10(12(19)16-9-2-1-7-20-8-9)21-13(17-11)18-5-3-15-4-6-18/h9,15H,1-8,14H2,(H,16,19). The number of aromatic nitrogens is 1. The number of thiazole rings is 1. The summed E-state index contributed by atoms with van der Waals surface area (Å²) in [5.41, 5.74) is 5.95. The molecule has 6 nitrogen and oxygen atoms in total. The van der Waals surface area contributed by atoms with Gasteiger partial charge in [0.1, 0.15) is 10.7 Å². The molecule has 1 aromatic heterocycles. The summed E-state index contributed by atoms with van der Waals surface area (Å²) in [5.74, 6) is 2.48. The molecule has 0 aliphatic carbocycles. The Hall–Kier alpha value is -0.990. The number of nitrogens with zero attached hydrogens (tertiary/aromatic N) is 2. The monoisotopic (exact) mass is 327 g/mol. The number of nitrogens with two attached hydrogens (primary N) is 1. The van der Waals surface area contributed by atoms with Gasteiger partial charge in [-0.2, -0.15) is 11.8 Å². The van der Waals surface area contributed by atoms with Crippen LogP contribution >= 0.6 is 23.1 Å². The first-order valence-corrected chi connectivity index (χ1v) is 9.32. The van der Waals surface area contributed by atoms with Gasteiger partial charge >= 0.3 is 0 Å². The van der Waals surface area contributed by atoms with Crippen molar-refractivity contribution in [1.82, 2.24) is 15.6 Å². The van der Waals surface area contributed by atoms with Crippen LogP contribution in [0.4, 0.5) is 10.9 Å². The molecule has 0 bridgehead atoms. The molecule has 0 aromatic carbocycles. The van der Waals surface area contributed by atoms with Crippen LogP contribution in [0.15, 0.2) is 0 Å². The maximum Gasteiger partial charge on any atom is 0.265 e. The minimum atomic E-state index is -0.0705. The summed E-state index contributed by atoms with van der Waals surface area (Å²) in [6.07, 6.45) is 2.22. The summed E-state index contributed by atoms with van der Waals surface area (Å²) in [7, 11) is 0. The van der Waals surface area contributed by atoms with Crippen LogP contribution in [0.5, 0.6) is 0 Å². The highest BCUT2D eigenvalue weighted by Gasteiger charge is 2.23. The normalized spacial score (nSPS) is 23.0. The molecular formula is C13H21N5OS2. The number of anilines is 2. The third-order valence-corrected chi connectivity index (χ3v) is 6.08. The highest BCUT2D eigenvalue weighted by atomic mass is 32.2. The Morgan fingerprint density at radius 2 is 2.24 bits per heavy atom. The van der Waals surface area contributed by atoms with E-state index in [2.05, 4.69) is 20.5 Å². The topological polar surface area (TPSA) is 83.3 Å². The van der Waals surface area contributed by atoms with E-state index < -0.39 is 0 Å². The lowest BCUT2D eigenvalue weighted by molar-refractivity contribution is 0.0943. The average molecular weight is 327 g/mol. The molecule has 3 heterocycles. The zero-order valence-electron chi connectivity index (χ0n) is 11.9. The van der Waals surface area contributed by atoms with Crippen LogP contribution in [0.3, 0.4) is 0 Å². The van der Waals surface area contributed by atoms with E-state index in [0.29, 0.717) is 10.7 Å². The zero-order chi connectivity index (χ0) is 14.7. The Morgan fingerprint density at radius 3 is 2.95 bits per heavy atom. The SMILES string of the molecule is Nc1nc(N2CCNCC2)sc1C(=O)NC1CCCSC1. The molecular weight excluding hydrogens is 306 g/mol. The van der Waals surface area contributed by atoms with Crippen molar-refractivity contribution < 1.29 is 4.79 Å². The largest absolute Gasteiger partial charge is 0.382 e. The van der Waals surface area contributed by atoms with Crippen LogP contribution in [0, 0.1) is 0 Å². The number of rotatable bonds is 3. The molecule has 2 aliphatic heterocycles. The molecule has 1 aromatic rings. The summed E-state index contributed by atoms with van der Waals surface area (Å²) < 4.78 is 0. The van der Waals surface area contributed by atoms with Crippen LogP contribution in [0.25, 0.3) is 0 Å². The molecule has 0 spiro atoms. The fourth-order valence-electron chi connectivity index (χ4n) is 2.58. The second-order valence-electron chi connectivity index (χ2n) is 5.34. The molecule has 1 atom stereocenters. The minimum absolute atomic E-state index is 0.0705. The van der Waals surface area contributed by atoms with E-state index in [1.807, 2.05) is 11.8 Å². The summed E-state index contributed by atoms with van der Waals surface area (Å²) in [6, 6.07) is 0.264. The van der Waals surface area contributed by atoms with Crippen molar-refractivity contribution in [3.63, 3.8) is 0 Å². The Bertz CT molecular complexity index is 495. The number of nitrogen functional groups attached to an aromatic ring is 1. The van der Waals surface area contributed by atoms with Crippen LogP contribution in [-0.2, 0) is 0 Å². The molecule has 8 heteroatoms. The van der Waals surface area contributed by atoms with E-state index >= 15 is 0 Å². The molecule has 3 rings (SSSR count). The molecule has 4 N–H and O–H groups in total. The van der Waals surface area contributed by atoms with Crippen molar-refractivity contribution >= 4 is 40.0 Å². The quantitative estimate of drug-likeness (QED) is 0.760. The Morgan fingerprint density at radius 1 is 1.43 bits per heavy atom. The van der Waals surface area contributed by atoms with E-state index in [0.717, 1.165) is 43.5 Å². The Balaban J connectivity index is 1.66. The number of amides is 1. The van der Waals surface area contributed by atoms with E-state index in [1.54, 1.807) is 0 Å². The lowest BCUT2D eigenvalue weighted by atomic mass is 10.2. The highest BCUT2D eigenvalue weighted by Crippen LogP contribution is 2.28. The molecule has 116 valence electrons. The number of carbonyl (C=O) groups is 1. The maximum atomic E-state index is 12.4. The average Bonchev–Trinajstić information content (AvgIpc) is 2.91. The number of thioether (sulfide) groups is 1. The summed E-state index contributed by atoms with van der Waals surface area (Å²) >= 11 is 3.30. The van der Waals surface area contributed by atoms with E-state index in [4.69, 9.17) is 5.73 Å². The maximum absolute atomic E-state index is 12.4. The van der Waals surface area contributed by atoms with E-state index in [9.17, 15) is 4.79 Å². The van der Waals surface area contributed by atoms with Crippen LogP contribution in [0.2, 0.25) is 0 Å². The van der Waals surface area contributed by atoms with Crippen molar-refractivity contribution in [2.75, 3.05) is 48.3 Å². The van der Waals surface area contributed by atoms with E-state index in [1.165, 1.54) is 23.5 Å². The van der Waals surface area contributed by atoms with Gasteiger partial charge in [-0.15, -0.1) is 0 Å². The number of nitrogens with one attached hydrogen (secondary N) is 2. The first-order chi connectivity index (χ1) is 10.2. The summed E-state index contributed by atoms with van der Waals surface area (Å²) in [4.78, 5) is 19.5. The van der Waals surface area contributed by atoms with Gasteiger partial charge < -0.3 is 21.3 Å². The van der Waals surface area contributed by atoms with Crippen LogP contribution < -0.4 is 21.3 Å². The third-order valence-electron chi connectivity index (χ3n) is 3.73. The highest BCUT2D eigenvalue weighted by molar-refractivity contribution is 7.99. The van der Waals surface area contributed by atoms with Gasteiger partial charge in [0.25, 0.3) is 5.91 Å². The predicted molar refractivity (Wildman–Crippen MR) is 89.4 cm³/mol. The first-order valence-electron chi connectivity index (χ1n) is 7.34. The molecule has 21 heavy (non-hydrogen) atoms. The van der Waals surface area contributed by atoms with Crippen LogP contribution in [0.1, 0.15) is 22.5 Å². The summed E-state index contributed by atoms with van der Waals surface area (Å²) in [5, 5.41) is 7.26. The van der Waals surface area contributed by atoms with Gasteiger partial charge in [-0.1, -0.05) is 11.3 Å². The van der Waals surface area contributed by atoms with Crippen molar-refractivity contribution in [2.24, 2.45) is 0 Å². The minimum Gasteiger partial charge on any atom is -0.382 e. The first kappa shape index (κ1) is 14.9. The number of hydrogen-bond acceptors (Lipinski definition) is 7. The number of carbonyl (C=O) groups excluding carboxylic acids is 1. The molecule has 1 amide bonds. The predicted octanol–water partition coefficient (Wildman–Crippen LogP) is 0.760. The smallest absolute Gasteiger partial charge is 0.265 e. The van der Waals surface area contributed by atoms with Gasteiger partial charge in [-0.05, 0) is 18.6 Å². The lowest BCUT2D eigenvalue weighted by Gasteiger charge is -2.26. The summed E-state index contributed by atoms with van der Waals surface area (Å²) in [6.45, 7) is 3.71.